The Morgan fingerprint density at radius 3 is 2.44 bits per heavy atom. The summed E-state index contributed by atoms with van der Waals surface area (Å²) in [6.07, 6.45) is -1.20. The Morgan fingerprint density at radius 2 is 1.88 bits per heavy atom. The van der Waals surface area contributed by atoms with Gasteiger partial charge >= 0.3 is 6.18 Å². The lowest BCUT2D eigenvalue weighted by Gasteiger charge is -2.15. The molecule has 32 heavy (non-hydrogen) atoms. The van der Waals surface area contributed by atoms with Crippen LogP contribution < -0.4 is 14.8 Å². The predicted octanol–water partition coefficient (Wildman–Crippen LogP) is 4.51. The Morgan fingerprint density at radius 1 is 1.19 bits per heavy atom. The zero-order valence-electron chi connectivity index (χ0n) is 17.5. The second-order valence-electron chi connectivity index (χ2n) is 6.86. The van der Waals surface area contributed by atoms with Crippen molar-refractivity contribution < 1.29 is 35.5 Å². The number of halogens is 4. The molecular formula is C21H22F4N2O4S. The fourth-order valence-electron chi connectivity index (χ4n) is 2.72. The summed E-state index contributed by atoms with van der Waals surface area (Å²) < 4.78 is 82.6. The van der Waals surface area contributed by atoms with E-state index in [0.717, 1.165) is 30.5 Å². The summed E-state index contributed by atoms with van der Waals surface area (Å²) in [6.45, 7) is 3.35. The normalized spacial score (nSPS) is 13.1. The topological polar surface area (TPSA) is 84.5 Å². The molecular weight excluding hydrogens is 452 g/mol. The lowest BCUT2D eigenvalue weighted by atomic mass is 10.1. The van der Waals surface area contributed by atoms with E-state index >= 15 is 0 Å². The van der Waals surface area contributed by atoms with Gasteiger partial charge in [-0.25, -0.2) is 12.8 Å². The number of hydrogen-bond acceptors (Lipinski definition) is 4. The van der Waals surface area contributed by atoms with Gasteiger partial charge in [0, 0.05) is 11.6 Å². The summed E-state index contributed by atoms with van der Waals surface area (Å²) in [7, 11) is -3.65. The molecule has 0 aromatic heterocycles. The van der Waals surface area contributed by atoms with Crippen molar-refractivity contribution in [3.63, 3.8) is 0 Å². The van der Waals surface area contributed by atoms with Crippen molar-refractivity contribution in [3.8, 4) is 5.75 Å². The number of alkyl halides is 3. The largest absolute Gasteiger partial charge is 0.493 e. The minimum atomic E-state index is -4.53. The Labute approximate surface area is 183 Å². The second-order valence-corrected chi connectivity index (χ2v) is 8.61. The van der Waals surface area contributed by atoms with E-state index in [1.54, 1.807) is 13.8 Å². The average molecular weight is 474 g/mol. The van der Waals surface area contributed by atoms with Gasteiger partial charge in [0.2, 0.25) is 15.9 Å². The van der Waals surface area contributed by atoms with Crippen LogP contribution in [0.4, 0.5) is 23.2 Å². The number of sulfonamides is 1. The molecule has 2 N–H and O–H groups in total. The number of hydrogen-bond donors (Lipinski definition) is 2. The zero-order valence-corrected chi connectivity index (χ0v) is 18.3. The Balaban J connectivity index is 2.12. The van der Waals surface area contributed by atoms with Crippen molar-refractivity contribution in [2.75, 3.05) is 17.6 Å². The van der Waals surface area contributed by atoms with E-state index in [9.17, 15) is 30.8 Å². The van der Waals surface area contributed by atoms with Gasteiger partial charge in [0.25, 0.3) is 0 Å². The summed E-state index contributed by atoms with van der Waals surface area (Å²) in [4.78, 5) is 12.2. The van der Waals surface area contributed by atoms with Gasteiger partial charge in [-0.1, -0.05) is 12.1 Å². The molecule has 2 rings (SSSR count). The third-order valence-electron chi connectivity index (χ3n) is 4.20. The maximum Gasteiger partial charge on any atom is 0.416 e. The van der Waals surface area contributed by atoms with E-state index in [1.165, 1.54) is 24.3 Å². The molecule has 0 radical (unpaired) electrons. The molecule has 0 unspecified atom stereocenters. The molecule has 6 nitrogen and oxygen atoms in total. The predicted molar refractivity (Wildman–Crippen MR) is 113 cm³/mol. The van der Waals surface area contributed by atoms with E-state index in [0.29, 0.717) is 5.56 Å². The average Bonchev–Trinajstić information content (AvgIpc) is 2.67. The lowest BCUT2D eigenvalue weighted by Crippen LogP contribution is -2.24. The highest BCUT2D eigenvalue weighted by Gasteiger charge is 2.31. The van der Waals surface area contributed by atoms with Crippen LogP contribution in [0.3, 0.4) is 0 Å². The molecule has 174 valence electrons. The first-order chi connectivity index (χ1) is 14.8. The third kappa shape index (κ3) is 7.26. The van der Waals surface area contributed by atoms with E-state index in [4.69, 9.17) is 4.74 Å². The van der Waals surface area contributed by atoms with Gasteiger partial charge < -0.3 is 10.1 Å². The molecule has 0 spiro atoms. The molecule has 0 fully saturated rings. The summed E-state index contributed by atoms with van der Waals surface area (Å²) in [5.74, 6) is -1.40. The number of benzene rings is 2. The maximum absolute atomic E-state index is 14.1. The summed E-state index contributed by atoms with van der Waals surface area (Å²) in [5, 5.41) is 2.60. The number of rotatable bonds is 8. The third-order valence-corrected chi connectivity index (χ3v) is 4.79. The summed E-state index contributed by atoms with van der Waals surface area (Å²) >= 11 is 0. The van der Waals surface area contributed by atoms with Crippen LogP contribution in [0.15, 0.2) is 42.5 Å². The van der Waals surface area contributed by atoms with Crippen molar-refractivity contribution in [1.82, 2.24) is 5.32 Å². The quantitative estimate of drug-likeness (QED) is 0.436. The van der Waals surface area contributed by atoms with Crippen LogP contribution >= 0.6 is 0 Å². The van der Waals surface area contributed by atoms with E-state index in [1.807, 2.05) is 4.72 Å². The van der Waals surface area contributed by atoms with Gasteiger partial charge in [-0.3, -0.25) is 9.52 Å². The van der Waals surface area contributed by atoms with Gasteiger partial charge in [0.05, 0.1) is 30.2 Å². The number of nitrogens with one attached hydrogen (secondary N) is 2. The molecule has 1 atom stereocenters. The minimum absolute atomic E-state index is 0.0181. The molecule has 0 bridgehead atoms. The van der Waals surface area contributed by atoms with E-state index < -0.39 is 39.5 Å². The molecule has 2 aromatic carbocycles. The number of carbonyl (C=O) groups excluding carboxylic acids is 1. The van der Waals surface area contributed by atoms with Crippen LogP contribution in [0, 0.1) is 5.82 Å². The van der Waals surface area contributed by atoms with E-state index in [2.05, 4.69) is 5.32 Å². The fourth-order valence-corrected chi connectivity index (χ4v) is 3.29. The molecule has 0 saturated heterocycles. The first-order valence-corrected chi connectivity index (χ1v) is 11.3. The first-order valence-electron chi connectivity index (χ1n) is 9.40. The van der Waals surface area contributed by atoms with Gasteiger partial charge in [-0.2, -0.15) is 13.2 Å². The standard InChI is InChI=1S/C21H22F4N2O4S/c1-4-31-19-12-16(21(23,24)25)8-5-14(19)7-10-20(28)26-13(2)15-6-9-18(17(22)11-15)27-32(3,29)30/h5-13,27H,4H2,1-3H3,(H,26,28)/b10-7-/t13-/m1/s1. The van der Waals surface area contributed by atoms with Crippen LogP contribution in [0.2, 0.25) is 0 Å². The molecule has 2 aromatic rings. The SMILES string of the molecule is CCOc1cc(C(F)(F)F)ccc1/C=C\C(=O)N[C@H](C)c1ccc(NS(C)(=O)=O)c(F)c1. The zero-order chi connectivity index (χ0) is 24.1. The Bertz CT molecular complexity index is 1120. The Kier molecular flexibility index (Phi) is 7.89. The minimum Gasteiger partial charge on any atom is -0.493 e. The highest BCUT2D eigenvalue weighted by molar-refractivity contribution is 7.92. The van der Waals surface area contributed by atoms with Crippen molar-refractivity contribution in [3.05, 3.63) is 65.0 Å². The number of carbonyl (C=O) groups is 1. The van der Waals surface area contributed by atoms with Gasteiger partial charge in [0.15, 0.2) is 0 Å². The number of ether oxygens (including phenoxy) is 1. The van der Waals surface area contributed by atoms with Crippen LogP contribution in [-0.2, 0) is 21.0 Å². The Hall–Kier alpha value is -3.08. The molecule has 0 heterocycles. The van der Waals surface area contributed by atoms with Crippen molar-refractivity contribution in [2.45, 2.75) is 26.1 Å². The van der Waals surface area contributed by atoms with Crippen molar-refractivity contribution in [2.24, 2.45) is 0 Å². The van der Waals surface area contributed by atoms with Gasteiger partial charge in [-0.15, -0.1) is 0 Å². The smallest absolute Gasteiger partial charge is 0.416 e. The number of anilines is 1. The summed E-state index contributed by atoms with van der Waals surface area (Å²) in [6, 6.07) is 6.09. The molecule has 0 aliphatic carbocycles. The fraction of sp³-hybridized carbons (Fsp3) is 0.286. The molecule has 11 heteroatoms. The second kappa shape index (κ2) is 10.0. The van der Waals surface area contributed by atoms with Crippen LogP contribution in [0.1, 0.15) is 36.6 Å². The maximum atomic E-state index is 14.1. The molecule has 0 aliphatic rings. The van der Waals surface area contributed by atoms with Crippen molar-refractivity contribution in [1.29, 1.82) is 0 Å². The van der Waals surface area contributed by atoms with Crippen LogP contribution in [-0.4, -0.2) is 27.2 Å². The molecule has 0 saturated carbocycles. The van der Waals surface area contributed by atoms with Crippen molar-refractivity contribution >= 4 is 27.7 Å². The first kappa shape index (κ1) is 25.2. The number of amides is 1. The van der Waals surface area contributed by atoms with Crippen LogP contribution in [0.5, 0.6) is 5.75 Å². The molecule has 0 aliphatic heterocycles. The van der Waals surface area contributed by atoms with Crippen LogP contribution in [0.25, 0.3) is 6.08 Å². The van der Waals surface area contributed by atoms with E-state index in [-0.39, 0.29) is 23.6 Å². The monoisotopic (exact) mass is 474 g/mol. The lowest BCUT2D eigenvalue weighted by molar-refractivity contribution is -0.137. The van der Waals surface area contributed by atoms with Gasteiger partial charge in [-0.05, 0) is 49.8 Å². The highest BCUT2D eigenvalue weighted by Crippen LogP contribution is 2.33. The summed E-state index contributed by atoms with van der Waals surface area (Å²) in [5.41, 5.74) is -0.426. The highest BCUT2D eigenvalue weighted by atomic mass is 32.2. The molecule has 1 amide bonds. The van der Waals surface area contributed by atoms with Gasteiger partial charge in [0.1, 0.15) is 11.6 Å².